The van der Waals surface area contributed by atoms with Gasteiger partial charge in [-0.15, -0.1) is 0 Å². The van der Waals surface area contributed by atoms with Crippen LogP contribution in [0.15, 0.2) is 47.1 Å². The maximum Gasteiger partial charge on any atom is 0.271 e. The largest absolute Gasteiger partial charge is 0.354 e. The van der Waals surface area contributed by atoms with Crippen LogP contribution in [-0.4, -0.2) is 16.2 Å². The van der Waals surface area contributed by atoms with Gasteiger partial charge in [0.25, 0.3) is 5.69 Å². The summed E-state index contributed by atoms with van der Waals surface area (Å²) in [4.78, 5) is 26.2. The van der Waals surface area contributed by atoms with Crippen LogP contribution in [-0.2, 0) is 0 Å². The van der Waals surface area contributed by atoms with Crippen molar-refractivity contribution in [1.82, 2.24) is 4.98 Å². The molecule has 0 amide bonds. The summed E-state index contributed by atoms with van der Waals surface area (Å²) < 4.78 is 0.874. The van der Waals surface area contributed by atoms with Gasteiger partial charge >= 0.3 is 0 Å². The third kappa shape index (κ3) is 3.11. The number of nitrogens with zero attached hydrogens (tertiary/aromatic N) is 2. The van der Waals surface area contributed by atoms with Gasteiger partial charge in [0.05, 0.1) is 21.7 Å². The summed E-state index contributed by atoms with van der Waals surface area (Å²) in [5.41, 5.74) is 2.95. The van der Waals surface area contributed by atoms with Crippen molar-refractivity contribution in [3.05, 3.63) is 68.3 Å². The molecule has 0 saturated heterocycles. The van der Waals surface area contributed by atoms with Crippen LogP contribution >= 0.6 is 15.9 Å². The van der Waals surface area contributed by atoms with E-state index in [4.69, 9.17) is 0 Å². The molecular weight excluding hydrogens is 374 g/mol. The summed E-state index contributed by atoms with van der Waals surface area (Å²) in [5, 5.41) is 14.9. The molecule has 1 aromatic heterocycles. The number of carbonyl (C=O) groups excluding carboxylic acids is 1. The normalized spacial score (nSPS) is 10.6. The first-order chi connectivity index (χ1) is 11.5. The molecule has 0 aliphatic rings. The van der Waals surface area contributed by atoms with Crippen LogP contribution in [0.3, 0.4) is 0 Å². The van der Waals surface area contributed by atoms with Crippen LogP contribution in [0.25, 0.3) is 10.9 Å². The zero-order valence-electron chi connectivity index (χ0n) is 12.6. The summed E-state index contributed by atoms with van der Waals surface area (Å²) in [5.74, 6) is 0. The van der Waals surface area contributed by atoms with E-state index in [2.05, 4.69) is 26.2 Å². The van der Waals surface area contributed by atoms with Crippen LogP contribution in [0.5, 0.6) is 0 Å². The first-order valence-corrected chi connectivity index (χ1v) is 7.84. The van der Waals surface area contributed by atoms with Crippen LogP contribution in [0.4, 0.5) is 17.1 Å². The molecule has 0 saturated carbocycles. The summed E-state index contributed by atoms with van der Waals surface area (Å²) in [7, 11) is 0. The SMILES string of the molecule is Cc1cc(Nc2c(C=O)cnc3cc(Br)ccc23)cc([N+](=O)[O-])c1. The van der Waals surface area contributed by atoms with Gasteiger partial charge < -0.3 is 5.32 Å². The number of carbonyl (C=O) groups is 1. The van der Waals surface area contributed by atoms with E-state index in [1.165, 1.54) is 18.3 Å². The maximum absolute atomic E-state index is 11.4. The van der Waals surface area contributed by atoms with Crippen molar-refractivity contribution in [1.29, 1.82) is 0 Å². The Hall–Kier alpha value is -2.80. The van der Waals surface area contributed by atoms with Crippen LogP contribution in [0.1, 0.15) is 15.9 Å². The Morgan fingerprint density at radius 3 is 2.75 bits per heavy atom. The van der Waals surface area contributed by atoms with Gasteiger partial charge in [0.1, 0.15) is 0 Å². The van der Waals surface area contributed by atoms with Gasteiger partial charge in [-0.2, -0.15) is 0 Å². The fourth-order valence-electron chi connectivity index (χ4n) is 2.50. The third-order valence-electron chi connectivity index (χ3n) is 3.53. The molecule has 0 aliphatic heterocycles. The average Bonchev–Trinajstić information content (AvgIpc) is 2.54. The van der Waals surface area contributed by atoms with Gasteiger partial charge in [0.2, 0.25) is 0 Å². The minimum absolute atomic E-state index is 0.00809. The second-order valence-electron chi connectivity index (χ2n) is 5.31. The molecular formula is C17H12BrN3O3. The van der Waals surface area contributed by atoms with E-state index < -0.39 is 4.92 Å². The summed E-state index contributed by atoms with van der Waals surface area (Å²) in [6.07, 6.45) is 2.19. The van der Waals surface area contributed by atoms with Crippen molar-refractivity contribution in [2.75, 3.05) is 5.32 Å². The number of halogens is 1. The summed E-state index contributed by atoms with van der Waals surface area (Å²) in [6, 6.07) is 10.2. The molecule has 0 atom stereocenters. The lowest BCUT2D eigenvalue weighted by molar-refractivity contribution is -0.384. The van der Waals surface area contributed by atoms with Gasteiger partial charge in [-0.25, -0.2) is 0 Å². The second-order valence-corrected chi connectivity index (χ2v) is 6.22. The van der Waals surface area contributed by atoms with E-state index in [0.717, 1.165) is 15.4 Å². The molecule has 0 bridgehead atoms. The van der Waals surface area contributed by atoms with Gasteiger partial charge in [-0.3, -0.25) is 19.9 Å². The number of hydrogen-bond donors (Lipinski definition) is 1. The Morgan fingerprint density at radius 1 is 1.25 bits per heavy atom. The standard InChI is InChI=1S/C17H12BrN3O3/c1-10-4-13(7-14(5-10)21(23)24)20-17-11(9-22)8-19-16-6-12(18)2-3-15(16)17/h2-9H,1H3,(H,19,20). The van der Waals surface area contributed by atoms with Crippen molar-refractivity contribution in [2.24, 2.45) is 0 Å². The molecule has 3 aromatic rings. The molecule has 120 valence electrons. The number of rotatable bonds is 4. The van der Waals surface area contributed by atoms with Crippen molar-refractivity contribution in [2.45, 2.75) is 6.92 Å². The Kier molecular flexibility index (Phi) is 4.26. The van der Waals surface area contributed by atoms with Gasteiger partial charge in [-0.1, -0.05) is 15.9 Å². The summed E-state index contributed by atoms with van der Waals surface area (Å²) >= 11 is 3.39. The molecule has 0 fully saturated rings. The smallest absolute Gasteiger partial charge is 0.271 e. The van der Waals surface area contributed by atoms with Crippen molar-refractivity contribution in [3.8, 4) is 0 Å². The molecule has 24 heavy (non-hydrogen) atoms. The molecule has 1 N–H and O–H groups in total. The number of non-ortho nitro benzene ring substituents is 1. The lowest BCUT2D eigenvalue weighted by Gasteiger charge is -2.12. The Morgan fingerprint density at radius 2 is 2.04 bits per heavy atom. The number of aromatic nitrogens is 1. The van der Waals surface area contributed by atoms with Crippen LogP contribution in [0, 0.1) is 17.0 Å². The zero-order valence-corrected chi connectivity index (χ0v) is 14.2. The molecule has 3 rings (SSSR count). The number of benzene rings is 2. The van der Waals surface area contributed by atoms with Crippen molar-refractivity contribution >= 4 is 50.2 Å². The van der Waals surface area contributed by atoms with E-state index in [-0.39, 0.29) is 5.69 Å². The molecule has 7 heteroatoms. The topological polar surface area (TPSA) is 85.1 Å². The first-order valence-electron chi connectivity index (χ1n) is 7.04. The fourth-order valence-corrected chi connectivity index (χ4v) is 2.84. The number of anilines is 2. The van der Waals surface area contributed by atoms with Crippen molar-refractivity contribution in [3.63, 3.8) is 0 Å². The average molecular weight is 386 g/mol. The van der Waals surface area contributed by atoms with Gasteiger partial charge in [0, 0.05) is 33.9 Å². The number of hydrogen-bond acceptors (Lipinski definition) is 5. The lowest BCUT2D eigenvalue weighted by Crippen LogP contribution is -1.99. The van der Waals surface area contributed by atoms with Gasteiger partial charge in [0.15, 0.2) is 6.29 Å². The Bertz CT molecular complexity index is 973. The predicted molar refractivity (Wildman–Crippen MR) is 95.9 cm³/mol. The minimum atomic E-state index is -0.444. The molecule has 0 spiro atoms. The fraction of sp³-hybridized carbons (Fsp3) is 0.0588. The molecule has 1 heterocycles. The van der Waals surface area contributed by atoms with Gasteiger partial charge in [-0.05, 0) is 36.8 Å². The number of aldehydes is 1. The quantitative estimate of drug-likeness (QED) is 0.397. The summed E-state index contributed by atoms with van der Waals surface area (Å²) in [6.45, 7) is 1.78. The predicted octanol–water partition coefficient (Wildman–Crippen LogP) is 4.77. The number of nitro benzene ring substituents is 1. The lowest BCUT2D eigenvalue weighted by atomic mass is 10.1. The first kappa shape index (κ1) is 16.1. The monoisotopic (exact) mass is 385 g/mol. The minimum Gasteiger partial charge on any atom is -0.354 e. The maximum atomic E-state index is 11.4. The van der Waals surface area contributed by atoms with E-state index in [0.29, 0.717) is 28.7 Å². The number of nitrogens with one attached hydrogen (secondary N) is 1. The van der Waals surface area contributed by atoms with E-state index in [1.807, 2.05) is 18.2 Å². The highest BCUT2D eigenvalue weighted by molar-refractivity contribution is 9.10. The van der Waals surface area contributed by atoms with E-state index in [1.54, 1.807) is 13.0 Å². The highest BCUT2D eigenvalue weighted by atomic mass is 79.9. The highest BCUT2D eigenvalue weighted by Crippen LogP contribution is 2.31. The molecule has 0 radical (unpaired) electrons. The zero-order chi connectivity index (χ0) is 17.3. The van der Waals surface area contributed by atoms with E-state index >= 15 is 0 Å². The Labute approximate surface area is 145 Å². The molecule has 0 unspecified atom stereocenters. The Balaban J connectivity index is 2.16. The third-order valence-corrected chi connectivity index (χ3v) is 4.02. The van der Waals surface area contributed by atoms with E-state index in [9.17, 15) is 14.9 Å². The number of pyridine rings is 1. The van der Waals surface area contributed by atoms with Crippen LogP contribution < -0.4 is 5.32 Å². The molecule has 6 nitrogen and oxygen atoms in total. The molecule has 0 aliphatic carbocycles. The highest BCUT2D eigenvalue weighted by Gasteiger charge is 2.12. The number of nitro groups is 1. The number of aryl methyl sites for hydroxylation is 1. The second kappa shape index (κ2) is 6.37. The number of fused-ring (bicyclic) bond motifs is 1. The van der Waals surface area contributed by atoms with Crippen molar-refractivity contribution < 1.29 is 9.72 Å². The van der Waals surface area contributed by atoms with Crippen LogP contribution in [0.2, 0.25) is 0 Å². The molecule has 2 aromatic carbocycles.